The second-order valence-electron chi connectivity index (χ2n) is 5.94. The molecule has 4 nitrogen and oxygen atoms in total. The first-order valence-electron chi connectivity index (χ1n) is 8.53. The number of benzene rings is 3. The van der Waals surface area contributed by atoms with Crippen LogP contribution in [0.3, 0.4) is 0 Å². The van der Waals surface area contributed by atoms with Crippen molar-refractivity contribution in [2.24, 2.45) is 0 Å². The first kappa shape index (κ1) is 18.0. The molecule has 0 aliphatic rings. The van der Waals surface area contributed by atoms with E-state index in [1.165, 1.54) is 0 Å². The van der Waals surface area contributed by atoms with Gasteiger partial charge < -0.3 is 19.7 Å². The van der Waals surface area contributed by atoms with E-state index in [1.54, 1.807) is 36.4 Å². The Morgan fingerprint density at radius 3 is 1.96 bits per heavy atom. The number of para-hydroxylation sites is 1. The van der Waals surface area contributed by atoms with Gasteiger partial charge in [0.1, 0.15) is 24.2 Å². The zero-order valence-electron chi connectivity index (χ0n) is 14.4. The summed E-state index contributed by atoms with van der Waals surface area (Å²) in [4.78, 5) is 0. The SMILES string of the molecule is OCC(Oc1ccccc1)C(O)c1ccc(OCc2ccccc2)cc1. The maximum atomic E-state index is 10.5. The van der Waals surface area contributed by atoms with Crippen molar-refractivity contribution < 1.29 is 19.7 Å². The van der Waals surface area contributed by atoms with E-state index in [1.807, 2.05) is 48.5 Å². The molecule has 3 rings (SSSR count). The number of ether oxygens (including phenoxy) is 2. The summed E-state index contributed by atoms with van der Waals surface area (Å²) in [7, 11) is 0. The molecule has 3 aromatic carbocycles. The Kier molecular flexibility index (Phi) is 6.25. The molecule has 2 N–H and O–H groups in total. The average Bonchev–Trinajstić information content (AvgIpc) is 2.72. The highest BCUT2D eigenvalue weighted by Gasteiger charge is 2.22. The molecule has 3 aromatic rings. The van der Waals surface area contributed by atoms with E-state index in [0.717, 1.165) is 5.56 Å². The van der Waals surface area contributed by atoms with Crippen LogP contribution in [0.25, 0.3) is 0 Å². The predicted octanol–water partition coefficient (Wildman–Crippen LogP) is 3.74. The Morgan fingerprint density at radius 1 is 0.731 bits per heavy atom. The molecule has 0 fully saturated rings. The lowest BCUT2D eigenvalue weighted by molar-refractivity contribution is 0.000752. The van der Waals surface area contributed by atoms with Gasteiger partial charge in [0.05, 0.1) is 6.61 Å². The van der Waals surface area contributed by atoms with E-state index in [0.29, 0.717) is 23.7 Å². The fourth-order valence-corrected chi connectivity index (χ4v) is 2.59. The molecule has 0 aromatic heterocycles. The molecule has 2 unspecified atom stereocenters. The summed E-state index contributed by atoms with van der Waals surface area (Å²) >= 11 is 0. The summed E-state index contributed by atoms with van der Waals surface area (Å²) in [6.07, 6.45) is -1.68. The van der Waals surface area contributed by atoms with Crippen molar-refractivity contribution in [1.82, 2.24) is 0 Å². The maximum absolute atomic E-state index is 10.5. The van der Waals surface area contributed by atoms with Crippen LogP contribution in [0.5, 0.6) is 11.5 Å². The van der Waals surface area contributed by atoms with E-state index >= 15 is 0 Å². The number of aliphatic hydroxyl groups excluding tert-OH is 2. The van der Waals surface area contributed by atoms with Gasteiger partial charge in [0, 0.05) is 0 Å². The van der Waals surface area contributed by atoms with Crippen LogP contribution in [0.15, 0.2) is 84.9 Å². The van der Waals surface area contributed by atoms with Gasteiger partial charge in [-0.2, -0.15) is 0 Å². The summed E-state index contributed by atoms with van der Waals surface area (Å²) in [6.45, 7) is 0.196. The van der Waals surface area contributed by atoms with Gasteiger partial charge in [-0.05, 0) is 35.4 Å². The van der Waals surface area contributed by atoms with Crippen LogP contribution >= 0.6 is 0 Å². The van der Waals surface area contributed by atoms with Crippen LogP contribution in [0, 0.1) is 0 Å². The zero-order valence-corrected chi connectivity index (χ0v) is 14.4. The standard InChI is InChI=1S/C22H22O4/c23-15-21(26-20-9-5-2-6-10-20)22(24)18-11-13-19(14-12-18)25-16-17-7-3-1-4-8-17/h1-14,21-24H,15-16H2. The van der Waals surface area contributed by atoms with Crippen LogP contribution in [-0.4, -0.2) is 22.9 Å². The van der Waals surface area contributed by atoms with Gasteiger partial charge in [-0.25, -0.2) is 0 Å². The van der Waals surface area contributed by atoms with Crippen molar-refractivity contribution in [2.75, 3.05) is 6.61 Å². The van der Waals surface area contributed by atoms with Crippen LogP contribution in [-0.2, 0) is 6.61 Å². The molecule has 26 heavy (non-hydrogen) atoms. The summed E-state index contributed by atoms with van der Waals surface area (Å²) in [5, 5.41) is 20.1. The zero-order chi connectivity index (χ0) is 18.2. The van der Waals surface area contributed by atoms with Gasteiger partial charge in [-0.15, -0.1) is 0 Å². The third kappa shape index (κ3) is 4.85. The molecular formula is C22H22O4. The topological polar surface area (TPSA) is 58.9 Å². The molecule has 0 amide bonds. The molecule has 0 spiro atoms. The minimum absolute atomic E-state index is 0.289. The summed E-state index contributed by atoms with van der Waals surface area (Å²) in [5.41, 5.74) is 1.75. The molecule has 4 heteroatoms. The van der Waals surface area contributed by atoms with Crippen molar-refractivity contribution in [3.8, 4) is 11.5 Å². The highest BCUT2D eigenvalue weighted by Crippen LogP contribution is 2.24. The third-order valence-corrected chi connectivity index (χ3v) is 4.03. The number of hydrogen-bond donors (Lipinski definition) is 2. The normalized spacial score (nSPS) is 13.0. The Bertz CT molecular complexity index is 772. The molecular weight excluding hydrogens is 328 g/mol. The fraction of sp³-hybridized carbons (Fsp3) is 0.182. The quantitative estimate of drug-likeness (QED) is 0.650. The van der Waals surface area contributed by atoms with Crippen molar-refractivity contribution in [2.45, 2.75) is 18.8 Å². The summed E-state index contributed by atoms with van der Waals surface area (Å²) < 4.78 is 11.4. The Hall–Kier alpha value is -2.82. The Labute approximate surface area is 153 Å². The first-order valence-corrected chi connectivity index (χ1v) is 8.53. The van der Waals surface area contributed by atoms with Gasteiger partial charge >= 0.3 is 0 Å². The van der Waals surface area contributed by atoms with Crippen molar-refractivity contribution in [3.63, 3.8) is 0 Å². The van der Waals surface area contributed by atoms with Crippen molar-refractivity contribution in [3.05, 3.63) is 96.1 Å². The van der Waals surface area contributed by atoms with Crippen LogP contribution in [0.4, 0.5) is 0 Å². The van der Waals surface area contributed by atoms with Crippen LogP contribution < -0.4 is 9.47 Å². The fourth-order valence-electron chi connectivity index (χ4n) is 2.59. The molecule has 0 bridgehead atoms. The van der Waals surface area contributed by atoms with Crippen molar-refractivity contribution in [1.29, 1.82) is 0 Å². The second-order valence-corrected chi connectivity index (χ2v) is 5.94. The van der Waals surface area contributed by atoms with E-state index in [-0.39, 0.29) is 6.61 Å². The van der Waals surface area contributed by atoms with Gasteiger partial charge in [0.25, 0.3) is 0 Å². The average molecular weight is 350 g/mol. The molecule has 0 radical (unpaired) electrons. The van der Waals surface area contributed by atoms with E-state index in [4.69, 9.17) is 9.47 Å². The minimum Gasteiger partial charge on any atom is -0.489 e. The first-order chi connectivity index (χ1) is 12.8. The Balaban J connectivity index is 1.61. The molecule has 0 aliphatic heterocycles. The van der Waals surface area contributed by atoms with E-state index < -0.39 is 12.2 Å². The Morgan fingerprint density at radius 2 is 1.35 bits per heavy atom. The van der Waals surface area contributed by atoms with Gasteiger partial charge in [0.15, 0.2) is 6.10 Å². The van der Waals surface area contributed by atoms with Crippen LogP contribution in [0.1, 0.15) is 17.2 Å². The van der Waals surface area contributed by atoms with Gasteiger partial charge in [-0.1, -0.05) is 60.7 Å². The van der Waals surface area contributed by atoms with Crippen molar-refractivity contribution >= 4 is 0 Å². The third-order valence-electron chi connectivity index (χ3n) is 4.03. The second kappa shape index (κ2) is 9.04. The maximum Gasteiger partial charge on any atom is 0.152 e. The molecule has 134 valence electrons. The lowest BCUT2D eigenvalue weighted by Crippen LogP contribution is -2.29. The molecule has 0 aliphatic carbocycles. The van der Waals surface area contributed by atoms with E-state index in [2.05, 4.69) is 0 Å². The monoisotopic (exact) mass is 350 g/mol. The van der Waals surface area contributed by atoms with Crippen LogP contribution in [0.2, 0.25) is 0 Å². The van der Waals surface area contributed by atoms with Gasteiger partial charge in [-0.3, -0.25) is 0 Å². The molecule has 0 saturated heterocycles. The molecule has 2 atom stereocenters. The largest absolute Gasteiger partial charge is 0.489 e. The molecule has 0 heterocycles. The summed E-state index contributed by atoms with van der Waals surface area (Å²) in [5.74, 6) is 1.32. The lowest BCUT2D eigenvalue weighted by Gasteiger charge is -2.23. The number of rotatable bonds is 8. The molecule has 0 saturated carbocycles. The summed E-state index contributed by atoms with van der Waals surface area (Å²) in [6, 6.07) is 26.2. The number of aliphatic hydroxyl groups is 2. The smallest absolute Gasteiger partial charge is 0.152 e. The highest BCUT2D eigenvalue weighted by atomic mass is 16.5. The number of hydrogen-bond acceptors (Lipinski definition) is 4. The lowest BCUT2D eigenvalue weighted by atomic mass is 10.0. The van der Waals surface area contributed by atoms with E-state index in [9.17, 15) is 10.2 Å². The highest BCUT2D eigenvalue weighted by molar-refractivity contribution is 5.30. The predicted molar refractivity (Wildman–Crippen MR) is 100 cm³/mol. The van der Waals surface area contributed by atoms with Gasteiger partial charge in [0.2, 0.25) is 0 Å². The minimum atomic E-state index is -0.941.